The molecule has 10 heteroatoms. The summed E-state index contributed by atoms with van der Waals surface area (Å²) in [4.78, 5) is 22.3. The molecule has 3 heterocycles. The normalized spacial score (nSPS) is 15.4. The maximum atomic E-state index is 13.0. The topological polar surface area (TPSA) is 101 Å². The lowest BCUT2D eigenvalue weighted by Gasteiger charge is -2.34. The molecule has 0 radical (unpaired) electrons. The Morgan fingerprint density at radius 2 is 1.76 bits per heavy atom. The molecule has 1 aliphatic rings. The van der Waals surface area contributed by atoms with Crippen LogP contribution in [0, 0.1) is 0 Å². The summed E-state index contributed by atoms with van der Waals surface area (Å²) in [6, 6.07) is 9.81. The van der Waals surface area contributed by atoms with E-state index < -0.39 is 10.0 Å². The van der Waals surface area contributed by atoms with E-state index in [0.717, 1.165) is 5.82 Å². The molecule has 0 amide bonds. The zero-order valence-electron chi connectivity index (χ0n) is 15.8. The fourth-order valence-corrected chi connectivity index (χ4v) is 4.69. The Bertz CT molecular complexity index is 1120. The molecule has 0 spiro atoms. The van der Waals surface area contributed by atoms with Gasteiger partial charge in [0.2, 0.25) is 10.0 Å². The van der Waals surface area contributed by atoms with Gasteiger partial charge >= 0.3 is 0 Å². The van der Waals surface area contributed by atoms with Crippen LogP contribution in [0.5, 0.6) is 0 Å². The van der Waals surface area contributed by atoms with Crippen molar-refractivity contribution in [1.29, 1.82) is 0 Å². The van der Waals surface area contributed by atoms with Crippen LogP contribution in [0.3, 0.4) is 0 Å². The highest BCUT2D eigenvalue weighted by Gasteiger charge is 2.29. The summed E-state index contributed by atoms with van der Waals surface area (Å²) in [6.45, 7) is 3.08. The van der Waals surface area contributed by atoms with Gasteiger partial charge < -0.3 is 4.90 Å². The molecule has 9 nitrogen and oxygen atoms in total. The highest BCUT2D eigenvalue weighted by Crippen LogP contribution is 2.21. The fourth-order valence-electron chi connectivity index (χ4n) is 3.22. The third kappa shape index (κ3) is 3.89. The third-order valence-electron chi connectivity index (χ3n) is 4.82. The van der Waals surface area contributed by atoms with Crippen LogP contribution < -0.4 is 4.90 Å². The van der Waals surface area contributed by atoms with Crippen LogP contribution in [0.25, 0.3) is 5.82 Å². The predicted octanol–water partition coefficient (Wildman–Crippen LogP) is 1.38. The molecule has 0 N–H and O–H groups in total. The number of ketones is 1. The minimum Gasteiger partial charge on any atom is -0.354 e. The number of carbonyl (C=O) groups is 1. The lowest BCUT2D eigenvalue weighted by Crippen LogP contribution is -2.49. The van der Waals surface area contributed by atoms with Crippen LogP contribution in [-0.2, 0) is 10.0 Å². The number of benzene rings is 1. The summed E-state index contributed by atoms with van der Waals surface area (Å²) in [5.74, 6) is 1.21. The van der Waals surface area contributed by atoms with Gasteiger partial charge in [-0.15, -0.1) is 0 Å². The van der Waals surface area contributed by atoms with Crippen LogP contribution in [0.1, 0.15) is 17.3 Å². The second-order valence-corrected chi connectivity index (χ2v) is 8.60. The average molecular weight is 412 g/mol. The van der Waals surface area contributed by atoms with Crippen molar-refractivity contribution in [3.8, 4) is 5.82 Å². The maximum Gasteiger partial charge on any atom is 0.243 e. The van der Waals surface area contributed by atoms with Crippen LogP contribution in [0.2, 0.25) is 0 Å². The van der Waals surface area contributed by atoms with Gasteiger partial charge in [-0.25, -0.2) is 23.1 Å². The maximum absolute atomic E-state index is 13.0. The zero-order chi connectivity index (χ0) is 20.4. The van der Waals surface area contributed by atoms with Crippen LogP contribution in [0.4, 0.5) is 5.82 Å². The van der Waals surface area contributed by atoms with Crippen molar-refractivity contribution in [2.75, 3.05) is 31.1 Å². The first-order valence-corrected chi connectivity index (χ1v) is 10.6. The van der Waals surface area contributed by atoms with Crippen molar-refractivity contribution in [2.24, 2.45) is 0 Å². The smallest absolute Gasteiger partial charge is 0.243 e. The Morgan fingerprint density at radius 1 is 1.00 bits per heavy atom. The average Bonchev–Trinajstić information content (AvgIpc) is 3.29. The first kappa shape index (κ1) is 19.2. The molecule has 0 aliphatic carbocycles. The fraction of sp³-hybridized carbons (Fsp3) is 0.263. The molecule has 150 valence electrons. The largest absolute Gasteiger partial charge is 0.354 e. The molecule has 0 unspecified atom stereocenters. The van der Waals surface area contributed by atoms with Gasteiger partial charge in [0.25, 0.3) is 0 Å². The second kappa shape index (κ2) is 7.72. The van der Waals surface area contributed by atoms with Crippen molar-refractivity contribution in [3.63, 3.8) is 0 Å². The van der Waals surface area contributed by atoms with Gasteiger partial charge in [0, 0.05) is 50.2 Å². The summed E-state index contributed by atoms with van der Waals surface area (Å²) >= 11 is 0. The molecule has 29 heavy (non-hydrogen) atoms. The van der Waals surface area contributed by atoms with Gasteiger partial charge in [-0.1, -0.05) is 12.1 Å². The van der Waals surface area contributed by atoms with Crippen LogP contribution in [0.15, 0.2) is 60.0 Å². The number of nitrogens with zero attached hydrogens (tertiary/aromatic N) is 6. The number of piperazine rings is 1. The number of Topliss-reactive ketones (excluding diaryl/α,β-unsaturated/α-hetero) is 1. The van der Waals surface area contributed by atoms with E-state index in [1.807, 2.05) is 17.0 Å². The Kier molecular flexibility index (Phi) is 5.12. The van der Waals surface area contributed by atoms with Crippen LogP contribution >= 0.6 is 0 Å². The molecule has 0 saturated carbocycles. The molecule has 0 bridgehead atoms. The van der Waals surface area contributed by atoms with E-state index in [2.05, 4.69) is 15.1 Å². The second-order valence-electron chi connectivity index (χ2n) is 6.66. The molecule has 2 aromatic heterocycles. The first-order chi connectivity index (χ1) is 13.9. The minimum atomic E-state index is -3.66. The lowest BCUT2D eigenvalue weighted by atomic mass is 10.2. The molecular formula is C19H20N6O3S. The van der Waals surface area contributed by atoms with Gasteiger partial charge in [0.1, 0.15) is 12.1 Å². The van der Waals surface area contributed by atoms with E-state index in [0.29, 0.717) is 37.6 Å². The zero-order valence-corrected chi connectivity index (χ0v) is 16.7. The van der Waals surface area contributed by atoms with Crippen molar-refractivity contribution < 1.29 is 13.2 Å². The number of sulfonamides is 1. The lowest BCUT2D eigenvalue weighted by molar-refractivity contribution is 0.101. The standard InChI is InChI=1S/C19H20N6O3S/c1-15(26)16-4-2-5-17(12-16)29(27,28)24-10-8-23(9-11-24)18-13-19(21-14-20-18)25-7-3-6-22-25/h2-7,12-14H,8-11H2,1H3. The number of aromatic nitrogens is 4. The van der Waals surface area contributed by atoms with Gasteiger partial charge in [-0.3, -0.25) is 4.79 Å². The number of rotatable bonds is 5. The van der Waals surface area contributed by atoms with Crippen LogP contribution in [-0.4, -0.2) is 64.4 Å². The van der Waals surface area contributed by atoms with Crippen molar-refractivity contribution in [2.45, 2.75) is 11.8 Å². The summed E-state index contributed by atoms with van der Waals surface area (Å²) < 4.78 is 29.0. The predicted molar refractivity (Wildman–Crippen MR) is 107 cm³/mol. The monoisotopic (exact) mass is 412 g/mol. The number of hydrogen-bond donors (Lipinski definition) is 0. The summed E-state index contributed by atoms with van der Waals surface area (Å²) in [6.07, 6.45) is 4.95. The number of anilines is 1. The summed E-state index contributed by atoms with van der Waals surface area (Å²) in [5.41, 5.74) is 0.386. The van der Waals surface area contributed by atoms with Gasteiger partial charge in [-0.05, 0) is 25.1 Å². The molecule has 1 aromatic carbocycles. The van der Waals surface area contributed by atoms with Crippen molar-refractivity contribution >= 4 is 21.6 Å². The molecule has 0 atom stereocenters. The van der Waals surface area contributed by atoms with Gasteiger partial charge in [-0.2, -0.15) is 9.40 Å². The van der Waals surface area contributed by atoms with E-state index in [9.17, 15) is 13.2 Å². The highest BCUT2D eigenvalue weighted by atomic mass is 32.2. The van der Waals surface area contributed by atoms with Gasteiger partial charge in [0.05, 0.1) is 4.90 Å². The Balaban J connectivity index is 1.49. The summed E-state index contributed by atoms with van der Waals surface area (Å²) in [5, 5.41) is 4.17. The highest BCUT2D eigenvalue weighted by molar-refractivity contribution is 7.89. The SMILES string of the molecule is CC(=O)c1cccc(S(=O)(=O)N2CCN(c3cc(-n4cccn4)ncn3)CC2)c1. The molecule has 1 aliphatic heterocycles. The Morgan fingerprint density at radius 3 is 2.45 bits per heavy atom. The molecule has 1 fully saturated rings. The van der Waals surface area contributed by atoms with Crippen molar-refractivity contribution in [1.82, 2.24) is 24.1 Å². The quantitative estimate of drug-likeness (QED) is 0.584. The molecule has 4 rings (SSSR count). The van der Waals surface area contributed by atoms with E-state index >= 15 is 0 Å². The Labute approximate surface area is 168 Å². The van der Waals surface area contributed by atoms with E-state index in [1.54, 1.807) is 29.2 Å². The van der Waals surface area contributed by atoms with E-state index in [4.69, 9.17) is 0 Å². The van der Waals surface area contributed by atoms with Crippen molar-refractivity contribution in [3.05, 3.63) is 60.7 Å². The first-order valence-electron chi connectivity index (χ1n) is 9.13. The number of carbonyl (C=O) groups excluding carboxylic acids is 1. The summed E-state index contributed by atoms with van der Waals surface area (Å²) in [7, 11) is -3.66. The van der Waals surface area contributed by atoms with Gasteiger partial charge in [0.15, 0.2) is 11.6 Å². The third-order valence-corrected chi connectivity index (χ3v) is 6.71. The molecule has 1 saturated heterocycles. The minimum absolute atomic E-state index is 0.140. The van der Waals surface area contributed by atoms with E-state index in [-0.39, 0.29) is 10.7 Å². The Hall–Kier alpha value is -3.11. The number of hydrogen-bond acceptors (Lipinski definition) is 7. The molecule has 3 aromatic rings. The van der Waals surface area contributed by atoms with E-state index in [1.165, 1.54) is 29.7 Å². The molecular weight excluding hydrogens is 392 g/mol.